The van der Waals surface area contributed by atoms with Crippen LogP contribution < -0.4 is 10.6 Å². The molecule has 1 fully saturated rings. The fraction of sp³-hybridized carbons (Fsp3) is 0.933. The SMILES string of the molecule is CCCC(CCO)CNC(=NCC1(C)COC1)NCC. The van der Waals surface area contributed by atoms with Crippen LogP contribution in [0.2, 0.25) is 0 Å². The van der Waals surface area contributed by atoms with Gasteiger partial charge in [0, 0.05) is 25.1 Å². The summed E-state index contributed by atoms with van der Waals surface area (Å²) in [5.74, 6) is 1.39. The molecular formula is C15H31N3O2. The number of hydrogen-bond acceptors (Lipinski definition) is 3. The highest BCUT2D eigenvalue weighted by molar-refractivity contribution is 5.79. The van der Waals surface area contributed by atoms with Crippen LogP contribution in [0.25, 0.3) is 0 Å². The zero-order valence-corrected chi connectivity index (χ0v) is 13.2. The van der Waals surface area contributed by atoms with Crippen LogP contribution in [-0.2, 0) is 4.74 Å². The Balaban J connectivity index is 2.41. The van der Waals surface area contributed by atoms with Crippen LogP contribution in [0.1, 0.15) is 40.0 Å². The van der Waals surface area contributed by atoms with E-state index < -0.39 is 0 Å². The van der Waals surface area contributed by atoms with Crippen LogP contribution in [-0.4, -0.2) is 50.5 Å². The molecule has 1 unspecified atom stereocenters. The van der Waals surface area contributed by atoms with Gasteiger partial charge in [0.2, 0.25) is 0 Å². The molecule has 0 aromatic carbocycles. The standard InChI is InChI=1S/C15H31N3O2/c1-4-6-13(7-8-19)9-17-14(16-5-2)18-10-15(3)11-20-12-15/h13,19H,4-12H2,1-3H3,(H2,16,17,18). The van der Waals surface area contributed by atoms with E-state index in [-0.39, 0.29) is 12.0 Å². The highest BCUT2D eigenvalue weighted by atomic mass is 16.5. The van der Waals surface area contributed by atoms with Crippen LogP contribution in [0, 0.1) is 11.3 Å². The predicted molar refractivity (Wildman–Crippen MR) is 83.0 cm³/mol. The smallest absolute Gasteiger partial charge is 0.191 e. The lowest BCUT2D eigenvalue weighted by Gasteiger charge is -2.36. The van der Waals surface area contributed by atoms with Crippen LogP contribution in [0.5, 0.6) is 0 Å². The van der Waals surface area contributed by atoms with E-state index in [0.29, 0.717) is 5.92 Å². The summed E-state index contributed by atoms with van der Waals surface area (Å²) >= 11 is 0. The lowest BCUT2D eigenvalue weighted by Crippen LogP contribution is -2.45. The minimum Gasteiger partial charge on any atom is -0.396 e. The van der Waals surface area contributed by atoms with Gasteiger partial charge in [-0.3, -0.25) is 4.99 Å². The Kier molecular flexibility index (Phi) is 7.92. The Morgan fingerprint density at radius 3 is 2.55 bits per heavy atom. The average molecular weight is 285 g/mol. The highest BCUT2D eigenvalue weighted by Gasteiger charge is 2.33. The molecule has 20 heavy (non-hydrogen) atoms. The number of ether oxygens (including phenoxy) is 1. The minimum atomic E-state index is 0.205. The Morgan fingerprint density at radius 1 is 1.30 bits per heavy atom. The van der Waals surface area contributed by atoms with E-state index >= 15 is 0 Å². The van der Waals surface area contributed by atoms with Crippen LogP contribution in [0.3, 0.4) is 0 Å². The number of nitrogens with one attached hydrogen (secondary N) is 2. The molecule has 0 saturated carbocycles. The normalized spacial score (nSPS) is 19.3. The lowest BCUT2D eigenvalue weighted by atomic mass is 9.89. The van der Waals surface area contributed by atoms with Gasteiger partial charge in [0.25, 0.3) is 0 Å². The lowest BCUT2D eigenvalue weighted by molar-refractivity contribution is -0.0945. The first-order valence-electron chi connectivity index (χ1n) is 7.84. The van der Waals surface area contributed by atoms with E-state index in [1.807, 2.05) is 0 Å². The molecule has 1 rings (SSSR count). The van der Waals surface area contributed by atoms with E-state index in [0.717, 1.165) is 58.1 Å². The molecule has 1 heterocycles. The maximum atomic E-state index is 9.09. The van der Waals surface area contributed by atoms with Gasteiger partial charge in [-0.05, 0) is 25.7 Å². The summed E-state index contributed by atoms with van der Waals surface area (Å²) in [5.41, 5.74) is 0.205. The maximum absolute atomic E-state index is 9.09. The summed E-state index contributed by atoms with van der Waals surface area (Å²) in [6.45, 7) is 10.8. The van der Waals surface area contributed by atoms with E-state index in [1.165, 1.54) is 0 Å². The third kappa shape index (κ3) is 6.09. The molecule has 0 amide bonds. The van der Waals surface area contributed by atoms with Crippen LogP contribution >= 0.6 is 0 Å². The summed E-state index contributed by atoms with van der Waals surface area (Å²) in [6.07, 6.45) is 3.14. The van der Waals surface area contributed by atoms with Gasteiger partial charge < -0.3 is 20.5 Å². The monoisotopic (exact) mass is 285 g/mol. The topological polar surface area (TPSA) is 65.9 Å². The van der Waals surface area contributed by atoms with Gasteiger partial charge in [-0.2, -0.15) is 0 Å². The first-order chi connectivity index (χ1) is 9.63. The van der Waals surface area contributed by atoms with Gasteiger partial charge in [0.1, 0.15) is 0 Å². The summed E-state index contributed by atoms with van der Waals surface area (Å²) in [6, 6.07) is 0. The van der Waals surface area contributed by atoms with Crippen molar-refractivity contribution in [1.29, 1.82) is 0 Å². The molecule has 1 aliphatic rings. The van der Waals surface area contributed by atoms with Gasteiger partial charge in [0.05, 0.1) is 19.8 Å². The number of guanidine groups is 1. The van der Waals surface area contributed by atoms with Crippen LogP contribution in [0.4, 0.5) is 0 Å². The van der Waals surface area contributed by atoms with Crippen molar-refractivity contribution in [1.82, 2.24) is 10.6 Å². The number of hydrogen-bond donors (Lipinski definition) is 3. The number of rotatable bonds is 9. The molecule has 0 radical (unpaired) electrons. The molecule has 5 heteroatoms. The van der Waals surface area contributed by atoms with Gasteiger partial charge >= 0.3 is 0 Å². The number of nitrogens with zero attached hydrogens (tertiary/aromatic N) is 1. The fourth-order valence-corrected chi connectivity index (χ4v) is 2.33. The summed E-state index contributed by atoms with van der Waals surface area (Å²) in [7, 11) is 0. The van der Waals surface area contributed by atoms with E-state index in [2.05, 4.69) is 36.4 Å². The van der Waals surface area contributed by atoms with E-state index in [9.17, 15) is 0 Å². The van der Waals surface area contributed by atoms with Crippen molar-refractivity contribution in [3.63, 3.8) is 0 Å². The average Bonchev–Trinajstić information content (AvgIpc) is 2.40. The molecule has 3 N–H and O–H groups in total. The molecule has 1 aliphatic heterocycles. The van der Waals surface area contributed by atoms with E-state index in [4.69, 9.17) is 9.84 Å². The van der Waals surface area contributed by atoms with Gasteiger partial charge in [-0.15, -0.1) is 0 Å². The highest BCUT2D eigenvalue weighted by Crippen LogP contribution is 2.26. The molecule has 1 saturated heterocycles. The van der Waals surface area contributed by atoms with Crippen molar-refractivity contribution >= 4 is 5.96 Å². The van der Waals surface area contributed by atoms with E-state index in [1.54, 1.807) is 0 Å². The molecule has 0 spiro atoms. The maximum Gasteiger partial charge on any atom is 0.191 e. The molecule has 1 atom stereocenters. The first kappa shape index (κ1) is 17.2. The van der Waals surface area contributed by atoms with Crippen molar-refractivity contribution in [2.45, 2.75) is 40.0 Å². The largest absolute Gasteiger partial charge is 0.396 e. The van der Waals surface area contributed by atoms with Crippen LogP contribution in [0.15, 0.2) is 4.99 Å². The van der Waals surface area contributed by atoms with Crippen molar-refractivity contribution < 1.29 is 9.84 Å². The summed E-state index contributed by atoms with van der Waals surface area (Å²) in [4.78, 5) is 4.65. The number of aliphatic imine (C=N–C) groups is 1. The van der Waals surface area contributed by atoms with Crippen molar-refractivity contribution in [3.8, 4) is 0 Å². The van der Waals surface area contributed by atoms with Crippen molar-refractivity contribution in [2.75, 3.05) is 39.5 Å². The van der Waals surface area contributed by atoms with Crippen molar-refractivity contribution in [3.05, 3.63) is 0 Å². The zero-order valence-electron chi connectivity index (χ0n) is 13.2. The molecular weight excluding hydrogens is 254 g/mol. The van der Waals surface area contributed by atoms with Crippen molar-refractivity contribution in [2.24, 2.45) is 16.3 Å². The molecule has 5 nitrogen and oxygen atoms in total. The van der Waals surface area contributed by atoms with Gasteiger partial charge in [0.15, 0.2) is 5.96 Å². The fourth-order valence-electron chi connectivity index (χ4n) is 2.33. The second-order valence-corrected chi connectivity index (χ2v) is 6.05. The minimum absolute atomic E-state index is 0.205. The number of aliphatic hydroxyl groups is 1. The Labute approximate surface area is 123 Å². The third-order valence-electron chi connectivity index (χ3n) is 3.66. The van der Waals surface area contributed by atoms with Gasteiger partial charge in [-0.25, -0.2) is 0 Å². The Hall–Kier alpha value is -0.810. The predicted octanol–water partition coefficient (Wildman–Crippen LogP) is 1.38. The Morgan fingerprint density at radius 2 is 2.05 bits per heavy atom. The molecule has 0 aromatic heterocycles. The molecule has 0 bridgehead atoms. The number of aliphatic hydroxyl groups excluding tert-OH is 1. The second-order valence-electron chi connectivity index (χ2n) is 6.05. The molecule has 0 aromatic rings. The Bertz CT molecular complexity index is 285. The summed E-state index contributed by atoms with van der Waals surface area (Å²) in [5, 5.41) is 15.8. The van der Waals surface area contributed by atoms with Gasteiger partial charge in [-0.1, -0.05) is 20.3 Å². The zero-order chi connectivity index (χ0) is 14.8. The first-order valence-corrected chi connectivity index (χ1v) is 7.84. The molecule has 118 valence electrons. The summed E-state index contributed by atoms with van der Waals surface area (Å²) < 4.78 is 5.25. The second kappa shape index (κ2) is 9.19. The molecule has 0 aliphatic carbocycles. The third-order valence-corrected chi connectivity index (χ3v) is 3.66. The quantitative estimate of drug-likeness (QED) is 0.442.